The summed E-state index contributed by atoms with van der Waals surface area (Å²) >= 11 is 1.37. The maximum atomic E-state index is 12.1. The van der Waals surface area contributed by atoms with Crippen molar-refractivity contribution in [2.45, 2.75) is 6.54 Å². The van der Waals surface area contributed by atoms with Gasteiger partial charge in [-0.05, 0) is 6.07 Å². The van der Waals surface area contributed by atoms with Gasteiger partial charge in [0.25, 0.3) is 0 Å². The zero-order valence-electron chi connectivity index (χ0n) is 11.4. The Morgan fingerprint density at radius 3 is 2.73 bits per heavy atom. The predicted molar refractivity (Wildman–Crippen MR) is 77.7 cm³/mol. The summed E-state index contributed by atoms with van der Waals surface area (Å²) in [5.41, 5.74) is 1.36. The average molecular weight is 317 g/mol. The van der Waals surface area contributed by atoms with Crippen LogP contribution in [-0.2, 0) is 16.1 Å². The van der Waals surface area contributed by atoms with Crippen molar-refractivity contribution < 1.29 is 18.8 Å². The molecule has 4 amide bonds. The van der Waals surface area contributed by atoms with Gasteiger partial charge in [-0.2, -0.15) is 0 Å². The molecule has 22 heavy (non-hydrogen) atoms. The Kier molecular flexibility index (Phi) is 3.60. The maximum Gasteiger partial charge on any atom is 0.334 e. The van der Waals surface area contributed by atoms with E-state index in [1.807, 2.05) is 0 Å². The number of furan rings is 1. The fourth-order valence-corrected chi connectivity index (χ4v) is 2.84. The maximum absolute atomic E-state index is 12.1. The first-order valence-electron chi connectivity index (χ1n) is 6.37. The lowest BCUT2D eigenvalue weighted by atomic mass is 10.3. The van der Waals surface area contributed by atoms with Crippen LogP contribution in [0.3, 0.4) is 0 Å². The largest absolute Gasteiger partial charge is 0.472 e. The van der Waals surface area contributed by atoms with Crippen LogP contribution < -0.4 is 0 Å². The minimum absolute atomic E-state index is 0.0112. The van der Waals surface area contributed by atoms with E-state index in [1.165, 1.54) is 23.7 Å². The van der Waals surface area contributed by atoms with E-state index in [0.717, 1.165) is 20.4 Å². The number of nitrogens with zero attached hydrogens (tertiary/aromatic N) is 3. The Labute approximate surface area is 129 Å². The van der Waals surface area contributed by atoms with E-state index in [4.69, 9.17) is 4.42 Å². The number of hydrogen-bond donors (Lipinski definition) is 0. The smallest absolute Gasteiger partial charge is 0.334 e. The molecule has 2 aromatic rings. The first kappa shape index (κ1) is 14.2. The molecule has 2 aromatic heterocycles. The molecule has 0 radical (unpaired) electrons. The summed E-state index contributed by atoms with van der Waals surface area (Å²) in [6.07, 6.45) is 4.49. The molecule has 1 aliphatic heterocycles. The van der Waals surface area contributed by atoms with Gasteiger partial charge in [0, 0.05) is 17.5 Å². The summed E-state index contributed by atoms with van der Waals surface area (Å²) in [6, 6.07) is 1.12. The van der Waals surface area contributed by atoms with Gasteiger partial charge in [0.15, 0.2) is 0 Å². The van der Waals surface area contributed by atoms with Crippen molar-refractivity contribution in [3.63, 3.8) is 0 Å². The molecule has 0 unspecified atom stereocenters. The van der Waals surface area contributed by atoms with Gasteiger partial charge in [0.2, 0.25) is 0 Å². The van der Waals surface area contributed by atoms with Crippen molar-refractivity contribution in [2.24, 2.45) is 0 Å². The lowest BCUT2D eigenvalue weighted by Crippen LogP contribution is -2.33. The first-order valence-corrected chi connectivity index (χ1v) is 7.25. The van der Waals surface area contributed by atoms with Gasteiger partial charge < -0.3 is 4.42 Å². The molecule has 0 bridgehead atoms. The lowest BCUT2D eigenvalue weighted by Gasteiger charge is -2.12. The Balaban J connectivity index is 1.78. The topological polar surface area (TPSA) is 83.7 Å². The van der Waals surface area contributed by atoms with E-state index in [-0.39, 0.29) is 13.1 Å². The Hall–Kier alpha value is -2.74. The zero-order valence-corrected chi connectivity index (χ0v) is 12.2. The van der Waals surface area contributed by atoms with E-state index in [1.54, 1.807) is 17.7 Å². The molecule has 0 aliphatic carbocycles. The molecule has 3 rings (SSSR count). The molecule has 0 saturated carbocycles. The molecule has 0 atom stereocenters. The highest BCUT2D eigenvalue weighted by Crippen LogP contribution is 2.25. The van der Waals surface area contributed by atoms with Crippen molar-refractivity contribution in [1.82, 2.24) is 14.8 Å². The molecule has 0 N–H and O–H groups in total. The van der Waals surface area contributed by atoms with Crippen LogP contribution in [0.2, 0.25) is 0 Å². The van der Waals surface area contributed by atoms with E-state index in [9.17, 15) is 14.4 Å². The summed E-state index contributed by atoms with van der Waals surface area (Å²) in [6.45, 7) is 3.44. The summed E-state index contributed by atoms with van der Waals surface area (Å²) in [4.78, 5) is 41.8. The van der Waals surface area contributed by atoms with Gasteiger partial charge in [0.05, 0.1) is 18.5 Å². The van der Waals surface area contributed by atoms with E-state index in [0.29, 0.717) is 5.69 Å². The summed E-state index contributed by atoms with van der Waals surface area (Å²) in [7, 11) is 0. The summed E-state index contributed by atoms with van der Waals surface area (Å²) < 4.78 is 4.99. The standard InChI is InChI=1S/C14H11N3O4S/c1-2-4-16-12(18)13(19)17(14(16)20)6-10-8-22-11(15-10)9-3-5-21-7-9/h2-3,5,7-8H,1,4,6H2. The minimum atomic E-state index is -0.843. The summed E-state index contributed by atoms with van der Waals surface area (Å²) in [5.74, 6) is -1.68. The monoisotopic (exact) mass is 317 g/mol. The van der Waals surface area contributed by atoms with Crippen LogP contribution in [0.4, 0.5) is 4.79 Å². The molecule has 0 spiro atoms. The van der Waals surface area contributed by atoms with Crippen LogP contribution in [0.5, 0.6) is 0 Å². The third-order valence-corrected chi connectivity index (χ3v) is 4.03. The predicted octanol–water partition coefficient (Wildman–Crippen LogP) is 1.88. The van der Waals surface area contributed by atoms with Gasteiger partial charge in [-0.25, -0.2) is 14.7 Å². The highest BCUT2D eigenvalue weighted by atomic mass is 32.1. The Morgan fingerprint density at radius 2 is 2.05 bits per heavy atom. The average Bonchev–Trinajstić information content (AvgIpc) is 3.21. The lowest BCUT2D eigenvalue weighted by molar-refractivity contribution is -0.143. The molecule has 1 fully saturated rings. The van der Waals surface area contributed by atoms with Crippen molar-refractivity contribution in [3.8, 4) is 10.6 Å². The quantitative estimate of drug-likeness (QED) is 0.477. The second kappa shape index (κ2) is 5.57. The molecular weight excluding hydrogens is 306 g/mol. The van der Waals surface area contributed by atoms with Gasteiger partial charge in [-0.15, -0.1) is 17.9 Å². The molecule has 1 aliphatic rings. The Morgan fingerprint density at radius 1 is 1.27 bits per heavy atom. The van der Waals surface area contributed by atoms with Gasteiger partial charge in [-0.3, -0.25) is 14.5 Å². The van der Waals surface area contributed by atoms with Crippen molar-refractivity contribution in [2.75, 3.05) is 6.54 Å². The minimum Gasteiger partial charge on any atom is -0.472 e. The first-order chi connectivity index (χ1) is 10.6. The number of amides is 4. The molecular formula is C14H11N3O4S. The highest BCUT2D eigenvalue weighted by molar-refractivity contribution is 7.13. The number of imide groups is 2. The number of aromatic nitrogens is 1. The number of thiazole rings is 1. The van der Waals surface area contributed by atoms with E-state index >= 15 is 0 Å². The molecule has 112 valence electrons. The van der Waals surface area contributed by atoms with Crippen LogP contribution in [0.1, 0.15) is 5.69 Å². The molecule has 3 heterocycles. The number of hydrogen-bond acceptors (Lipinski definition) is 6. The Bertz CT molecular complexity index is 750. The van der Waals surface area contributed by atoms with Crippen LogP contribution in [0.25, 0.3) is 10.6 Å². The van der Waals surface area contributed by atoms with Crippen molar-refractivity contribution >= 4 is 29.2 Å². The van der Waals surface area contributed by atoms with Gasteiger partial charge in [0.1, 0.15) is 11.3 Å². The van der Waals surface area contributed by atoms with Gasteiger partial charge >= 0.3 is 17.8 Å². The van der Waals surface area contributed by atoms with Gasteiger partial charge in [-0.1, -0.05) is 6.08 Å². The third-order valence-electron chi connectivity index (χ3n) is 3.09. The highest BCUT2D eigenvalue weighted by Gasteiger charge is 2.43. The van der Waals surface area contributed by atoms with E-state index < -0.39 is 17.8 Å². The second-order valence-electron chi connectivity index (χ2n) is 4.53. The van der Waals surface area contributed by atoms with Crippen LogP contribution in [0.15, 0.2) is 41.0 Å². The second-order valence-corrected chi connectivity index (χ2v) is 5.39. The fourth-order valence-electron chi connectivity index (χ4n) is 2.04. The fraction of sp³-hybridized carbons (Fsp3) is 0.143. The van der Waals surface area contributed by atoms with Crippen molar-refractivity contribution in [3.05, 3.63) is 42.3 Å². The molecule has 1 saturated heterocycles. The normalized spacial score (nSPS) is 15.0. The molecule has 0 aromatic carbocycles. The summed E-state index contributed by atoms with van der Waals surface area (Å²) in [5, 5.41) is 2.46. The zero-order chi connectivity index (χ0) is 15.7. The number of rotatable bonds is 5. The van der Waals surface area contributed by atoms with Crippen molar-refractivity contribution in [1.29, 1.82) is 0 Å². The number of carbonyl (C=O) groups excluding carboxylic acids is 3. The molecule has 8 heteroatoms. The number of carbonyl (C=O) groups is 3. The SMILES string of the molecule is C=CCN1C(=O)C(=O)N(Cc2csc(-c3ccoc3)n2)C1=O. The van der Waals surface area contributed by atoms with Crippen LogP contribution in [0, 0.1) is 0 Å². The van der Waals surface area contributed by atoms with Crippen LogP contribution >= 0.6 is 11.3 Å². The van der Waals surface area contributed by atoms with Crippen LogP contribution in [-0.4, -0.2) is 39.2 Å². The van der Waals surface area contributed by atoms with E-state index in [2.05, 4.69) is 11.6 Å². The molecule has 7 nitrogen and oxygen atoms in total. The third kappa shape index (κ3) is 2.33. The number of urea groups is 1.